The van der Waals surface area contributed by atoms with Crippen molar-refractivity contribution in [1.29, 1.82) is 0 Å². The summed E-state index contributed by atoms with van der Waals surface area (Å²) in [7, 11) is 0. The molecule has 108 valence electrons. The van der Waals surface area contributed by atoms with E-state index >= 15 is 0 Å². The Kier molecular flexibility index (Phi) is 5.23. The van der Waals surface area contributed by atoms with Gasteiger partial charge in [0.1, 0.15) is 6.42 Å². The predicted octanol–water partition coefficient (Wildman–Crippen LogP) is 2.04. The van der Waals surface area contributed by atoms with Crippen molar-refractivity contribution in [2.75, 3.05) is 26.2 Å². The summed E-state index contributed by atoms with van der Waals surface area (Å²) < 4.78 is 0. The van der Waals surface area contributed by atoms with Gasteiger partial charge in [0.15, 0.2) is 0 Å². The van der Waals surface area contributed by atoms with Crippen molar-refractivity contribution >= 4 is 11.8 Å². The van der Waals surface area contributed by atoms with E-state index in [1.54, 1.807) is 0 Å². The number of piperidine rings is 1. The normalized spacial score (nSPS) is 25.0. The highest BCUT2D eigenvalue weighted by Crippen LogP contribution is 2.17. The van der Waals surface area contributed by atoms with Crippen LogP contribution in [-0.2, 0) is 9.59 Å². The van der Waals surface area contributed by atoms with Crippen LogP contribution < -0.4 is 0 Å². The van der Waals surface area contributed by atoms with Gasteiger partial charge in [-0.2, -0.15) is 0 Å². The van der Waals surface area contributed by atoms with Gasteiger partial charge in [-0.1, -0.05) is 19.8 Å². The fourth-order valence-corrected chi connectivity index (χ4v) is 3.09. The van der Waals surface area contributed by atoms with Crippen molar-refractivity contribution in [1.82, 2.24) is 9.80 Å². The van der Waals surface area contributed by atoms with Crippen LogP contribution in [-0.4, -0.2) is 47.8 Å². The van der Waals surface area contributed by atoms with E-state index in [1.165, 1.54) is 19.3 Å². The standard InChI is InChI=1S/C15H26N2O2/c1-13-7-6-10-17(12-13)15(19)11-14(18)16-8-4-2-3-5-9-16/h13H,2-12H2,1H3. The molecule has 0 saturated carbocycles. The molecule has 0 aliphatic carbocycles. The van der Waals surface area contributed by atoms with E-state index in [0.717, 1.165) is 45.4 Å². The maximum atomic E-state index is 12.2. The number of hydrogen-bond acceptors (Lipinski definition) is 2. The van der Waals surface area contributed by atoms with Gasteiger partial charge in [-0.05, 0) is 31.6 Å². The van der Waals surface area contributed by atoms with E-state index in [0.29, 0.717) is 5.92 Å². The summed E-state index contributed by atoms with van der Waals surface area (Å²) >= 11 is 0. The van der Waals surface area contributed by atoms with Crippen molar-refractivity contribution < 1.29 is 9.59 Å². The molecule has 2 fully saturated rings. The zero-order valence-corrected chi connectivity index (χ0v) is 12.1. The topological polar surface area (TPSA) is 40.6 Å². The van der Waals surface area contributed by atoms with E-state index in [1.807, 2.05) is 9.80 Å². The molecule has 2 heterocycles. The number of nitrogens with zero attached hydrogens (tertiary/aromatic N) is 2. The Morgan fingerprint density at radius 3 is 2.11 bits per heavy atom. The van der Waals surface area contributed by atoms with Crippen molar-refractivity contribution in [2.45, 2.75) is 51.9 Å². The molecule has 1 atom stereocenters. The van der Waals surface area contributed by atoms with Crippen molar-refractivity contribution in [3.63, 3.8) is 0 Å². The van der Waals surface area contributed by atoms with E-state index in [-0.39, 0.29) is 18.2 Å². The lowest BCUT2D eigenvalue weighted by Gasteiger charge is -2.31. The molecule has 4 heteroatoms. The Labute approximate surface area is 116 Å². The highest BCUT2D eigenvalue weighted by Gasteiger charge is 2.25. The Bertz CT molecular complexity index is 310. The fourth-order valence-electron chi connectivity index (χ4n) is 3.09. The van der Waals surface area contributed by atoms with Gasteiger partial charge in [0, 0.05) is 26.2 Å². The van der Waals surface area contributed by atoms with E-state index in [2.05, 4.69) is 6.92 Å². The third kappa shape index (κ3) is 4.22. The average molecular weight is 266 g/mol. The van der Waals surface area contributed by atoms with Crippen molar-refractivity contribution in [3.8, 4) is 0 Å². The molecule has 19 heavy (non-hydrogen) atoms. The SMILES string of the molecule is CC1CCCN(C(=O)CC(=O)N2CCCCCC2)C1. The van der Waals surface area contributed by atoms with Crippen LogP contribution in [0.4, 0.5) is 0 Å². The van der Waals surface area contributed by atoms with Gasteiger partial charge in [0.2, 0.25) is 11.8 Å². The molecule has 2 aliphatic rings. The molecule has 2 aliphatic heterocycles. The molecule has 0 aromatic heterocycles. The number of carbonyl (C=O) groups excluding carboxylic acids is 2. The lowest BCUT2D eigenvalue weighted by atomic mass is 10.00. The molecule has 0 bridgehead atoms. The monoisotopic (exact) mass is 266 g/mol. The van der Waals surface area contributed by atoms with Gasteiger partial charge in [-0.15, -0.1) is 0 Å². The molecule has 0 aromatic rings. The predicted molar refractivity (Wildman–Crippen MR) is 74.6 cm³/mol. The third-order valence-electron chi connectivity index (χ3n) is 4.27. The molecule has 2 amide bonds. The van der Waals surface area contributed by atoms with Gasteiger partial charge in [0.05, 0.1) is 0 Å². The number of carbonyl (C=O) groups is 2. The van der Waals surface area contributed by atoms with Gasteiger partial charge >= 0.3 is 0 Å². The smallest absolute Gasteiger partial charge is 0.232 e. The zero-order valence-electron chi connectivity index (χ0n) is 12.1. The second kappa shape index (κ2) is 6.92. The van der Waals surface area contributed by atoms with Crippen LogP contribution >= 0.6 is 0 Å². The summed E-state index contributed by atoms with van der Waals surface area (Å²) in [6, 6.07) is 0. The van der Waals surface area contributed by atoms with Crippen molar-refractivity contribution in [2.24, 2.45) is 5.92 Å². The molecular weight excluding hydrogens is 240 g/mol. The Hall–Kier alpha value is -1.06. The summed E-state index contributed by atoms with van der Waals surface area (Å²) in [6.07, 6.45) is 6.94. The molecule has 0 N–H and O–H groups in total. The Morgan fingerprint density at radius 1 is 0.895 bits per heavy atom. The molecule has 2 saturated heterocycles. The first-order chi connectivity index (χ1) is 9.16. The van der Waals surface area contributed by atoms with Gasteiger partial charge in [0.25, 0.3) is 0 Å². The summed E-state index contributed by atoms with van der Waals surface area (Å²) in [5.74, 6) is 0.636. The maximum absolute atomic E-state index is 12.2. The van der Waals surface area contributed by atoms with Crippen molar-refractivity contribution in [3.05, 3.63) is 0 Å². The molecule has 0 radical (unpaired) electrons. The summed E-state index contributed by atoms with van der Waals surface area (Å²) in [5.41, 5.74) is 0. The molecule has 2 rings (SSSR count). The second-order valence-corrected chi connectivity index (χ2v) is 6.06. The largest absolute Gasteiger partial charge is 0.342 e. The van der Waals surface area contributed by atoms with Crippen LogP contribution in [0.5, 0.6) is 0 Å². The summed E-state index contributed by atoms with van der Waals surface area (Å²) in [4.78, 5) is 28.1. The fraction of sp³-hybridized carbons (Fsp3) is 0.867. The Morgan fingerprint density at radius 2 is 1.47 bits per heavy atom. The Balaban J connectivity index is 1.81. The van der Waals surface area contributed by atoms with Crippen LogP contribution in [0.1, 0.15) is 51.9 Å². The minimum Gasteiger partial charge on any atom is -0.342 e. The minimum absolute atomic E-state index is 0.0285. The molecule has 1 unspecified atom stereocenters. The second-order valence-electron chi connectivity index (χ2n) is 6.06. The quantitative estimate of drug-likeness (QED) is 0.718. The summed E-state index contributed by atoms with van der Waals surface area (Å²) in [6.45, 7) is 5.50. The lowest BCUT2D eigenvalue weighted by molar-refractivity contribution is -0.141. The molecule has 0 aromatic carbocycles. The third-order valence-corrected chi connectivity index (χ3v) is 4.27. The number of hydrogen-bond donors (Lipinski definition) is 0. The minimum atomic E-state index is 0.0285. The lowest BCUT2D eigenvalue weighted by Crippen LogP contribution is -2.42. The number of rotatable bonds is 2. The van der Waals surface area contributed by atoms with Crippen LogP contribution in [0.25, 0.3) is 0 Å². The first kappa shape index (κ1) is 14.4. The van der Waals surface area contributed by atoms with Crippen LogP contribution in [0.15, 0.2) is 0 Å². The van der Waals surface area contributed by atoms with Crippen LogP contribution in [0, 0.1) is 5.92 Å². The number of likely N-dealkylation sites (tertiary alicyclic amines) is 2. The van der Waals surface area contributed by atoms with E-state index in [4.69, 9.17) is 0 Å². The van der Waals surface area contributed by atoms with Gasteiger partial charge in [-0.25, -0.2) is 0 Å². The van der Waals surface area contributed by atoms with Gasteiger partial charge in [-0.3, -0.25) is 9.59 Å². The van der Waals surface area contributed by atoms with E-state index < -0.39 is 0 Å². The maximum Gasteiger partial charge on any atom is 0.232 e. The average Bonchev–Trinajstić information content (AvgIpc) is 2.67. The summed E-state index contributed by atoms with van der Waals surface area (Å²) in [5, 5.41) is 0. The van der Waals surface area contributed by atoms with Crippen LogP contribution in [0.2, 0.25) is 0 Å². The molecular formula is C15H26N2O2. The molecule has 4 nitrogen and oxygen atoms in total. The first-order valence-corrected chi connectivity index (χ1v) is 7.72. The number of amides is 2. The highest BCUT2D eigenvalue weighted by atomic mass is 16.2. The van der Waals surface area contributed by atoms with E-state index in [9.17, 15) is 9.59 Å². The molecule has 0 spiro atoms. The van der Waals surface area contributed by atoms with Gasteiger partial charge < -0.3 is 9.80 Å². The first-order valence-electron chi connectivity index (χ1n) is 7.72. The van der Waals surface area contributed by atoms with Crippen LogP contribution in [0.3, 0.4) is 0 Å². The highest BCUT2D eigenvalue weighted by molar-refractivity contribution is 5.96. The zero-order chi connectivity index (χ0) is 13.7.